The molecular weight excluding hydrogens is 240 g/mol. The van der Waals surface area contributed by atoms with Gasteiger partial charge in [0.25, 0.3) is 0 Å². The highest BCUT2D eigenvalue weighted by atomic mass is 14.0. The highest BCUT2D eigenvalue weighted by Gasteiger charge is 1.91. The summed E-state index contributed by atoms with van der Waals surface area (Å²) >= 11 is 0. The van der Waals surface area contributed by atoms with E-state index in [4.69, 9.17) is 0 Å². The lowest BCUT2D eigenvalue weighted by molar-refractivity contribution is 0.534. The number of rotatable bonds is 13. The van der Waals surface area contributed by atoms with Crippen LogP contribution in [0.1, 0.15) is 125 Å². The molecule has 0 aromatic carbocycles. The topological polar surface area (TPSA) is 0 Å². The van der Waals surface area contributed by atoms with Crippen LogP contribution in [-0.2, 0) is 0 Å². The van der Waals surface area contributed by atoms with E-state index in [0.717, 1.165) is 5.92 Å². The maximum absolute atomic E-state index is 2.29. The van der Waals surface area contributed by atoms with Gasteiger partial charge in [0, 0.05) is 0 Å². The van der Waals surface area contributed by atoms with Gasteiger partial charge in [-0.1, -0.05) is 125 Å². The van der Waals surface area contributed by atoms with Gasteiger partial charge in [-0.05, 0) is 5.92 Å². The molecule has 124 valence electrons. The largest absolute Gasteiger partial charge is 0.0654 e. The number of unbranched alkanes of at least 4 members (excludes halogenated alkanes) is 11. The van der Waals surface area contributed by atoms with Crippen molar-refractivity contribution < 1.29 is 0 Å². The molecule has 0 bridgehead atoms. The van der Waals surface area contributed by atoms with E-state index in [1.54, 1.807) is 0 Å². The average molecular weight is 285 g/mol. The van der Waals surface area contributed by atoms with Gasteiger partial charge in [0.1, 0.15) is 0 Å². The van der Waals surface area contributed by atoms with Crippen LogP contribution in [0, 0.1) is 5.92 Å². The van der Waals surface area contributed by atoms with E-state index < -0.39 is 0 Å². The summed E-state index contributed by atoms with van der Waals surface area (Å²) in [4.78, 5) is 0. The van der Waals surface area contributed by atoms with Gasteiger partial charge in [0.15, 0.2) is 0 Å². The van der Waals surface area contributed by atoms with E-state index in [-0.39, 0.29) is 0 Å². The molecule has 20 heavy (non-hydrogen) atoms. The second kappa shape index (κ2) is 21.3. The monoisotopic (exact) mass is 284 g/mol. The van der Waals surface area contributed by atoms with Crippen molar-refractivity contribution in [2.24, 2.45) is 5.92 Å². The zero-order valence-electron chi connectivity index (χ0n) is 15.5. The van der Waals surface area contributed by atoms with Gasteiger partial charge in [-0.15, -0.1) is 0 Å². The van der Waals surface area contributed by atoms with Gasteiger partial charge in [-0.2, -0.15) is 0 Å². The van der Waals surface area contributed by atoms with Crippen LogP contribution >= 0.6 is 0 Å². The number of hydrogen-bond donors (Lipinski definition) is 0. The van der Waals surface area contributed by atoms with E-state index in [1.807, 2.05) is 0 Å². The molecule has 0 nitrogen and oxygen atoms in total. The predicted octanol–water partition coefficient (Wildman–Crippen LogP) is 8.15. The third-order valence-corrected chi connectivity index (χ3v) is 3.84. The summed E-state index contributed by atoms with van der Waals surface area (Å²) in [5.41, 5.74) is 0. The standard InChI is InChI=1S/C12H26.C8H18/c1-3-5-7-9-11-12-10-8-6-4-2;1-4-5-6-7-8(2)3/h3-12H2,1-2H3;8H,4-7H2,1-3H3. The lowest BCUT2D eigenvalue weighted by Gasteiger charge is -2.00. The Balaban J connectivity index is 0. The third kappa shape index (κ3) is 26.5. The van der Waals surface area contributed by atoms with Gasteiger partial charge in [-0.25, -0.2) is 0 Å². The van der Waals surface area contributed by atoms with Crippen molar-refractivity contribution in [2.75, 3.05) is 0 Å². The van der Waals surface area contributed by atoms with Crippen molar-refractivity contribution in [2.45, 2.75) is 125 Å². The Bertz CT molecular complexity index is 127. The molecule has 0 radical (unpaired) electrons. The molecule has 0 amide bonds. The summed E-state index contributed by atoms with van der Waals surface area (Å²) in [6.07, 6.45) is 20.0. The SMILES string of the molecule is CCCCCC(C)C.CCCCCCCCCCCC. The van der Waals surface area contributed by atoms with Crippen molar-refractivity contribution in [3.63, 3.8) is 0 Å². The molecule has 0 unspecified atom stereocenters. The summed E-state index contributed by atoms with van der Waals surface area (Å²) in [6.45, 7) is 11.4. The molecular formula is C20H44. The first-order valence-electron chi connectivity index (χ1n) is 9.68. The molecule has 0 rings (SSSR count). The molecule has 0 aliphatic rings. The Hall–Kier alpha value is 0. The molecule has 0 aromatic rings. The first-order chi connectivity index (χ1) is 9.68. The smallest absolute Gasteiger partial charge is 0.0471 e. The Labute approximate surface area is 131 Å². The quantitative estimate of drug-likeness (QED) is 0.299. The zero-order chi connectivity index (χ0) is 15.5. The second-order valence-electron chi connectivity index (χ2n) is 6.72. The third-order valence-electron chi connectivity index (χ3n) is 3.84. The van der Waals surface area contributed by atoms with Crippen LogP contribution in [0.25, 0.3) is 0 Å². The van der Waals surface area contributed by atoms with Crippen molar-refractivity contribution in [1.82, 2.24) is 0 Å². The van der Waals surface area contributed by atoms with Gasteiger partial charge in [-0.3, -0.25) is 0 Å². The van der Waals surface area contributed by atoms with Crippen LogP contribution in [0.5, 0.6) is 0 Å². The van der Waals surface area contributed by atoms with Gasteiger partial charge in [0.2, 0.25) is 0 Å². The van der Waals surface area contributed by atoms with E-state index in [9.17, 15) is 0 Å². The molecule has 0 atom stereocenters. The van der Waals surface area contributed by atoms with Crippen LogP contribution in [0.4, 0.5) is 0 Å². The molecule has 0 aliphatic heterocycles. The normalized spacial score (nSPS) is 10.5. The number of hydrogen-bond acceptors (Lipinski definition) is 0. The summed E-state index contributed by atoms with van der Waals surface area (Å²) in [5.74, 6) is 0.904. The van der Waals surface area contributed by atoms with Gasteiger partial charge in [0.05, 0.1) is 0 Å². The van der Waals surface area contributed by atoms with Crippen molar-refractivity contribution >= 4 is 0 Å². The Morgan fingerprint density at radius 1 is 0.450 bits per heavy atom. The Morgan fingerprint density at radius 3 is 1.05 bits per heavy atom. The van der Waals surface area contributed by atoms with E-state index in [2.05, 4.69) is 34.6 Å². The van der Waals surface area contributed by atoms with Gasteiger partial charge >= 0.3 is 0 Å². The predicted molar refractivity (Wildman–Crippen MR) is 96.5 cm³/mol. The van der Waals surface area contributed by atoms with Crippen molar-refractivity contribution in [3.05, 3.63) is 0 Å². The van der Waals surface area contributed by atoms with Crippen LogP contribution in [0.3, 0.4) is 0 Å². The maximum Gasteiger partial charge on any atom is -0.0471 e. The molecule has 0 saturated heterocycles. The molecule has 0 aromatic heterocycles. The molecule has 0 fully saturated rings. The zero-order valence-corrected chi connectivity index (χ0v) is 15.5. The summed E-state index contributed by atoms with van der Waals surface area (Å²) < 4.78 is 0. The van der Waals surface area contributed by atoms with E-state index >= 15 is 0 Å². The maximum atomic E-state index is 2.29. The minimum Gasteiger partial charge on any atom is -0.0654 e. The van der Waals surface area contributed by atoms with Crippen LogP contribution < -0.4 is 0 Å². The summed E-state index contributed by atoms with van der Waals surface area (Å²) in [5, 5.41) is 0. The molecule has 0 heterocycles. The molecule has 0 N–H and O–H groups in total. The minimum absolute atomic E-state index is 0.904. The van der Waals surface area contributed by atoms with Crippen molar-refractivity contribution in [1.29, 1.82) is 0 Å². The molecule has 0 heteroatoms. The van der Waals surface area contributed by atoms with Gasteiger partial charge < -0.3 is 0 Å². The Morgan fingerprint density at radius 2 is 0.750 bits per heavy atom. The molecule has 0 spiro atoms. The second-order valence-corrected chi connectivity index (χ2v) is 6.72. The van der Waals surface area contributed by atoms with Crippen LogP contribution in [0.2, 0.25) is 0 Å². The summed E-state index contributed by atoms with van der Waals surface area (Å²) in [6, 6.07) is 0. The average Bonchev–Trinajstić information content (AvgIpc) is 2.43. The molecule has 0 aliphatic carbocycles. The highest BCUT2D eigenvalue weighted by molar-refractivity contribution is 4.46. The summed E-state index contributed by atoms with van der Waals surface area (Å²) in [7, 11) is 0. The van der Waals surface area contributed by atoms with E-state index in [0.29, 0.717) is 0 Å². The lowest BCUT2D eigenvalue weighted by Crippen LogP contribution is -1.85. The fourth-order valence-electron chi connectivity index (χ4n) is 2.36. The fourth-order valence-corrected chi connectivity index (χ4v) is 2.36. The van der Waals surface area contributed by atoms with Crippen LogP contribution in [0.15, 0.2) is 0 Å². The van der Waals surface area contributed by atoms with E-state index in [1.165, 1.54) is 89.9 Å². The van der Waals surface area contributed by atoms with Crippen molar-refractivity contribution in [3.8, 4) is 0 Å². The lowest BCUT2D eigenvalue weighted by atomic mass is 10.1. The first kappa shape index (κ1) is 22.3. The highest BCUT2D eigenvalue weighted by Crippen LogP contribution is 2.10. The van der Waals surface area contributed by atoms with Crippen LogP contribution in [-0.4, -0.2) is 0 Å². The first-order valence-corrected chi connectivity index (χ1v) is 9.68. The minimum atomic E-state index is 0.904. The fraction of sp³-hybridized carbons (Fsp3) is 1.00. The Kier molecular flexibility index (Phi) is 23.7. The molecule has 0 saturated carbocycles.